The van der Waals surface area contributed by atoms with Crippen molar-refractivity contribution in [3.63, 3.8) is 0 Å². The molecule has 0 bridgehead atoms. The van der Waals surface area contributed by atoms with Crippen LogP contribution in [0.25, 0.3) is 0 Å². The smallest absolute Gasteiger partial charge is 0.310 e. The lowest BCUT2D eigenvalue weighted by molar-refractivity contribution is -0.139. The van der Waals surface area contributed by atoms with Gasteiger partial charge in [-0.2, -0.15) is 0 Å². The van der Waals surface area contributed by atoms with Crippen molar-refractivity contribution in [1.82, 2.24) is 0 Å². The zero-order valence-electron chi connectivity index (χ0n) is 7.64. The second kappa shape index (κ2) is 4.96. The van der Waals surface area contributed by atoms with Gasteiger partial charge in [0, 0.05) is 6.42 Å². The lowest BCUT2D eigenvalue weighted by atomic mass is 10.0. The highest BCUT2D eigenvalue weighted by Crippen LogP contribution is 2.18. The molecular formula is C10H16O2. The summed E-state index contributed by atoms with van der Waals surface area (Å²) in [6.45, 7) is 2.19. The van der Waals surface area contributed by atoms with E-state index in [-0.39, 0.29) is 5.97 Å². The van der Waals surface area contributed by atoms with Crippen molar-refractivity contribution in [3.05, 3.63) is 11.8 Å². The molecule has 0 aromatic carbocycles. The van der Waals surface area contributed by atoms with Gasteiger partial charge < -0.3 is 4.74 Å². The topological polar surface area (TPSA) is 26.3 Å². The van der Waals surface area contributed by atoms with Gasteiger partial charge in [0.15, 0.2) is 0 Å². The molecule has 2 nitrogen and oxygen atoms in total. The maximum atomic E-state index is 10.7. The van der Waals surface area contributed by atoms with Gasteiger partial charge in [-0.05, 0) is 24.8 Å². The number of carbonyl (C=O) groups excluding carboxylic acids is 1. The van der Waals surface area contributed by atoms with Crippen molar-refractivity contribution >= 4 is 5.97 Å². The number of ether oxygens (including phenoxy) is 1. The average Bonchev–Trinajstić information content (AvgIpc) is 2.09. The molecule has 1 rings (SSSR count). The summed E-state index contributed by atoms with van der Waals surface area (Å²) in [6, 6.07) is 0. The van der Waals surface area contributed by atoms with E-state index < -0.39 is 0 Å². The first kappa shape index (κ1) is 9.30. The van der Waals surface area contributed by atoms with Gasteiger partial charge in [-0.15, -0.1) is 0 Å². The molecule has 2 heteroatoms. The van der Waals surface area contributed by atoms with Crippen LogP contribution < -0.4 is 0 Å². The first-order chi connectivity index (χ1) is 5.83. The van der Waals surface area contributed by atoms with E-state index in [1.807, 2.05) is 0 Å². The minimum absolute atomic E-state index is 0.0887. The fourth-order valence-electron chi connectivity index (χ4n) is 1.32. The van der Waals surface area contributed by atoms with Crippen LogP contribution in [0.2, 0.25) is 0 Å². The highest BCUT2D eigenvalue weighted by atomic mass is 16.5. The van der Waals surface area contributed by atoms with Crippen LogP contribution in [0.3, 0.4) is 0 Å². The van der Waals surface area contributed by atoms with Gasteiger partial charge in [0.25, 0.3) is 0 Å². The summed E-state index contributed by atoms with van der Waals surface area (Å²) < 4.78 is 4.82. The highest BCUT2D eigenvalue weighted by Gasteiger charge is 2.10. The van der Waals surface area contributed by atoms with Crippen LogP contribution in [0.5, 0.6) is 0 Å². The van der Waals surface area contributed by atoms with E-state index in [9.17, 15) is 4.79 Å². The predicted molar refractivity (Wildman–Crippen MR) is 47.6 cm³/mol. The second-order valence-electron chi connectivity index (χ2n) is 3.22. The molecule has 0 atom stereocenters. The molecule has 0 aliphatic carbocycles. The molecule has 68 valence electrons. The standard InChI is InChI=1S/C10H16O2/c1-2-3-4-5-9-6-7-10(11)12-8-9/h8H,2-7H2,1H3. The quantitative estimate of drug-likeness (QED) is 0.476. The van der Waals surface area contributed by atoms with Gasteiger partial charge in [-0.1, -0.05) is 19.8 Å². The summed E-state index contributed by atoms with van der Waals surface area (Å²) in [4.78, 5) is 10.7. The fraction of sp³-hybridized carbons (Fsp3) is 0.700. The number of hydrogen-bond donors (Lipinski definition) is 0. The van der Waals surface area contributed by atoms with Gasteiger partial charge >= 0.3 is 5.97 Å². The Kier molecular flexibility index (Phi) is 3.85. The van der Waals surface area contributed by atoms with Crippen molar-refractivity contribution in [2.75, 3.05) is 0 Å². The van der Waals surface area contributed by atoms with E-state index in [2.05, 4.69) is 6.92 Å². The SMILES string of the molecule is CCCCCC1=COC(=O)CC1. The Hall–Kier alpha value is -0.790. The third kappa shape index (κ3) is 3.07. The van der Waals surface area contributed by atoms with Crippen LogP contribution in [0.15, 0.2) is 11.8 Å². The average molecular weight is 168 g/mol. The van der Waals surface area contributed by atoms with Crippen molar-refractivity contribution in [2.45, 2.75) is 45.4 Å². The molecule has 12 heavy (non-hydrogen) atoms. The van der Waals surface area contributed by atoms with Crippen molar-refractivity contribution in [1.29, 1.82) is 0 Å². The van der Waals surface area contributed by atoms with Crippen LogP contribution in [0.4, 0.5) is 0 Å². The molecule has 0 aromatic rings. The zero-order chi connectivity index (χ0) is 8.81. The summed E-state index contributed by atoms with van der Waals surface area (Å²) in [5.74, 6) is -0.0887. The second-order valence-corrected chi connectivity index (χ2v) is 3.22. The molecule has 0 radical (unpaired) electrons. The van der Waals surface area contributed by atoms with Gasteiger partial charge in [0.1, 0.15) is 0 Å². The van der Waals surface area contributed by atoms with Gasteiger partial charge in [0.05, 0.1) is 6.26 Å². The van der Waals surface area contributed by atoms with Gasteiger partial charge in [-0.25, -0.2) is 0 Å². The Bertz CT molecular complexity index is 182. The molecule has 1 aliphatic heterocycles. The largest absolute Gasteiger partial charge is 0.435 e. The van der Waals surface area contributed by atoms with Crippen LogP contribution in [-0.2, 0) is 9.53 Å². The summed E-state index contributed by atoms with van der Waals surface area (Å²) in [6.07, 6.45) is 7.95. The number of unbranched alkanes of at least 4 members (excludes halogenated alkanes) is 2. The number of hydrogen-bond acceptors (Lipinski definition) is 2. The van der Waals surface area contributed by atoms with E-state index in [4.69, 9.17) is 4.74 Å². The maximum absolute atomic E-state index is 10.7. The first-order valence-corrected chi connectivity index (χ1v) is 4.70. The minimum atomic E-state index is -0.0887. The third-order valence-corrected chi connectivity index (χ3v) is 2.11. The minimum Gasteiger partial charge on any atom is -0.435 e. The molecule has 0 N–H and O–H groups in total. The summed E-state index contributed by atoms with van der Waals surface area (Å²) in [5, 5.41) is 0. The molecule has 1 heterocycles. The first-order valence-electron chi connectivity index (χ1n) is 4.70. The van der Waals surface area contributed by atoms with Gasteiger partial charge in [-0.3, -0.25) is 4.79 Å². The normalized spacial score (nSPS) is 17.1. The Morgan fingerprint density at radius 1 is 1.42 bits per heavy atom. The Morgan fingerprint density at radius 3 is 2.83 bits per heavy atom. The van der Waals surface area contributed by atoms with Crippen LogP contribution in [0.1, 0.15) is 45.4 Å². The fourth-order valence-corrected chi connectivity index (χ4v) is 1.32. The van der Waals surface area contributed by atoms with Crippen molar-refractivity contribution in [2.24, 2.45) is 0 Å². The molecular weight excluding hydrogens is 152 g/mol. The summed E-state index contributed by atoms with van der Waals surface area (Å²) in [7, 11) is 0. The lowest BCUT2D eigenvalue weighted by Crippen LogP contribution is -2.06. The number of allylic oxidation sites excluding steroid dienone is 1. The number of cyclic esters (lactones) is 1. The predicted octanol–water partition coefficient (Wildman–Crippen LogP) is 2.79. The Morgan fingerprint density at radius 2 is 2.25 bits per heavy atom. The molecule has 0 saturated heterocycles. The molecule has 0 saturated carbocycles. The van der Waals surface area contributed by atoms with Crippen LogP contribution >= 0.6 is 0 Å². The number of esters is 1. The maximum Gasteiger partial charge on any atom is 0.310 e. The van der Waals surface area contributed by atoms with E-state index in [1.165, 1.54) is 24.8 Å². The number of rotatable bonds is 4. The van der Waals surface area contributed by atoms with E-state index in [0.717, 1.165) is 12.8 Å². The molecule has 0 spiro atoms. The number of carbonyl (C=O) groups is 1. The molecule has 0 unspecified atom stereocenters. The van der Waals surface area contributed by atoms with Crippen LogP contribution in [0, 0.1) is 0 Å². The monoisotopic (exact) mass is 168 g/mol. The molecule has 0 amide bonds. The van der Waals surface area contributed by atoms with E-state index >= 15 is 0 Å². The Balaban J connectivity index is 2.19. The van der Waals surface area contributed by atoms with Gasteiger partial charge in [0.2, 0.25) is 0 Å². The lowest BCUT2D eigenvalue weighted by Gasteiger charge is -2.11. The summed E-state index contributed by atoms with van der Waals surface area (Å²) in [5.41, 5.74) is 1.29. The molecule has 1 aliphatic rings. The zero-order valence-corrected chi connectivity index (χ0v) is 7.64. The Labute approximate surface area is 73.6 Å². The summed E-state index contributed by atoms with van der Waals surface area (Å²) >= 11 is 0. The molecule has 0 fully saturated rings. The van der Waals surface area contributed by atoms with E-state index in [1.54, 1.807) is 6.26 Å². The van der Waals surface area contributed by atoms with Crippen molar-refractivity contribution < 1.29 is 9.53 Å². The highest BCUT2D eigenvalue weighted by molar-refractivity contribution is 5.71. The third-order valence-electron chi connectivity index (χ3n) is 2.11. The van der Waals surface area contributed by atoms with Crippen LogP contribution in [-0.4, -0.2) is 5.97 Å². The van der Waals surface area contributed by atoms with Crippen molar-refractivity contribution in [3.8, 4) is 0 Å². The van der Waals surface area contributed by atoms with E-state index in [0.29, 0.717) is 6.42 Å². The molecule has 0 aromatic heterocycles.